The van der Waals surface area contributed by atoms with Crippen molar-refractivity contribution in [3.05, 3.63) is 12.7 Å². The molecule has 62 valence electrons. The van der Waals surface area contributed by atoms with E-state index in [1.807, 2.05) is 4.90 Å². The number of carbonyl (C=O) groups is 1. The van der Waals surface area contributed by atoms with Crippen LogP contribution in [-0.2, 0) is 4.79 Å². The molecule has 1 heterocycles. The van der Waals surface area contributed by atoms with E-state index in [1.165, 1.54) is 6.08 Å². The van der Waals surface area contributed by atoms with Crippen molar-refractivity contribution in [3.8, 4) is 0 Å². The van der Waals surface area contributed by atoms with Crippen LogP contribution >= 0.6 is 22.9 Å². The monoisotopic (exact) mass is 266 g/mol. The standard InChI is InChI=1S/C7H11IN2O/c1-2-7(11)9-3-5-10(8)6-4-9/h2H,1,3-6H2. The minimum absolute atomic E-state index is 0.0505. The molecule has 1 aliphatic heterocycles. The Morgan fingerprint density at radius 2 is 1.91 bits per heavy atom. The van der Waals surface area contributed by atoms with Crippen LogP contribution in [0.3, 0.4) is 0 Å². The molecule has 4 heteroatoms. The number of nitrogens with zero attached hydrogens (tertiary/aromatic N) is 2. The molecule has 1 aliphatic rings. The van der Waals surface area contributed by atoms with Crippen LogP contribution in [-0.4, -0.2) is 40.1 Å². The highest BCUT2D eigenvalue weighted by Gasteiger charge is 2.16. The second kappa shape index (κ2) is 4.06. The Morgan fingerprint density at radius 3 is 2.36 bits per heavy atom. The lowest BCUT2D eigenvalue weighted by Crippen LogP contribution is -2.44. The van der Waals surface area contributed by atoms with Crippen molar-refractivity contribution < 1.29 is 4.79 Å². The molecule has 0 unspecified atom stereocenters. The average molecular weight is 266 g/mol. The molecule has 0 aromatic heterocycles. The van der Waals surface area contributed by atoms with Crippen LogP contribution in [0.25, 0.3) is 0 Å². The molecular formula is C7H11IN2O. The van der Waals surface area contributed by atoms with E-state index in [1.54, 1.807) is 0 Å². The SMILES string of the molecule is C=CC(=O)N1CCN(I)CC1. The first kappa shape index (κ1) is 8.99. The van der Waals surface area contributed by atoms with Crippen molar-refractivity contribution in [1.82, 2.24) is 8.01 Å². The molecule has 0 aromatic rings. The molecule has 0 aliphatic carbocycles. The first-order valence-corrected chi connectivity index (χ1v) is 4.52. The quantitative estimate of drug-likeness (QED) is 0.395. The summed E-state index contributed by atoms with van der Waals surface area (Å²) in [5, 5.41) is 0. The maximum absolute atomic E-state index is 11.1. The molecule has 0 radical (unpaired) electrons. The Bertz CT molecular complexity index is 164. The average Bonchev–Trinajstić information content (AvgIpc) is 2.05. The van der Waals surface area contributed by atoms with Gasteiger partial charge in [-0.25, -0.2) is 3.11 Å². The van der Waals surface area contributed by atoms with Gasteiger partial charge in [0.25, 0.3) is 0 Å². The Balaban J connectivity index is 2.38. The van der Waals surface area contributed by atoms with E-state index < -0.39 is 0 Å². The molecule has 1 amide bonds. The molecule has 1 saturated heterocycles. The summed E-state index contributed by atoms with van der Waals surface area (Å²) < 4.78 is 2.19. The number of halogens is 1. The lowest BCUT2D eigenvalue weighted by Gasteiger charge is -2.30. The van der Waals surface area contributed by atoms with Crippen molar-refractivity contribution in [2.45, 2.75) is 0 Å². The van der Waals surface area contributed by atoms with Gasteiger partial charge in [0.05, 0.1) is 0 Å². The number of piperazine rings is 1. The minimum Gasteiger partial charge on any atom is -0.337 e. The summed E-state index contributed by atoms with van der Waals surface area (Å²) >= 11 is 2.27. The molecule has 3 nitrogen and oxygen atoms in total. The van der Waals surface area contributed by atoms with Gasteiger partial charge in [-0.15, -0.1) is 0 Å². The van der Waals surface area contributed by atoms with Gasteiger partial charge in [-0.1, -0.05) is 6.58 Å². The van der Waals surface area contributed by atoms with Gasteiger partial charge in [-0.3, -0.25) is 4.79 Å². The largest absolute Gasteiger partial charge is 0.337 e. The first-order chi connectivity index (χ1) is 5.24. The lowest BCUT2D eigenvalue weighted by molar-refractivity contribution is -0.126. The molecule has 0 bridgehead atoms. The van der Waals surface area contributed by atoms with Gasteiger partial charge in [0.2, 0.25) is 5.91 Å². The molecule has 11 heavy (non-hydrogen) atoms. The smallest absolute Gasteiger partial charge is 0.246 e. The highest BCUT2D eigenvalue weighted by atomic mass is 127. The van der Waals surface area contributed by atoms with Crippen LogP contribution in [0.4, 0.5) is 0 Å². The zero-order valence-electron chi connectivity index (χ0n) is 6.29. The van der Waals surface area contributed by atoms with Gasteiger partial charge in [0.1, 0.15) is 0 Å². The summed E-state index contributed by atoms with van der Waals surface area (Å²) in [6, 6.07) is 0. The van der Waals surface area contributed by atoms with Crippen LogP contribution < -0.4 is 0 Å². The van der Waals surface area contributed by atoms with Gasteiger partial charge >= 0.3 is 0 Å². The topological polar surface area (TPSA) is 23.6 Å². The molecule has 0 aromatic carbocycles. The number of rotatable bonds is 1. The van der Waals surface area contributed by atoms with Crippen LogP contribution in [0.2, 0.25) is 0 Å². The highest BCUT2D eigenvalue weighted by molar-refractivity contribution is 14.1. The van der Waals surface area contributed by atoms with E-state index in [2.05, 4.69) is 32.6 Å². The van der Waals surface area contributed by atoms with Crippen LogP contribution in [0, 0.1) is 0 Å². The Hall–Kier alpha value is -0.100. The number of carbonyl (C=O) groups excluding carboxylic acids is 1. The Labute approximate surface area is 80.5 Å². The van der Waals surface area contributed by atoms with Gasteiger partial charge in [-0.05, 0) is 6.08 Å². The summed E-state index contributed by atoms with van der Waals surface area (Å²) in [6.45, 7) is 7.02. The van der Waals surface area contributed by atoms with E-state index in [-0.39, 0.29) is 5.91 Å². The lowest BCUT2D eigenvalue weighted by atomic mass is 10.3. The van der Waals surface area contributed by atoms with E-state index in [4.69, 9.17) is 0 Å². The zero-order chi connectivity index (χ0) is 8.27. The summed E-state index contributed by atoms with van der Waals surface area (Å²) in [7, 11) is 0. The van der Waals surface area contributed by atoms with E-state index in [0.29, 0.717) is 0 Å². The molecule has 0 spiro atoms. The van der Waals surface area contributed by atoms with E-state index in [0.717, 1.165) is 26.2 Å². The summed E-state index contributed by atoms with van der Waals surface area (Å²) in [5.41, 5.74) is 0. The van der Waals surface area contributed by atoms with Gasteiger partial charge in [0, 0.05) is 49.0 Å². The van der Waals surface area contributed by atoms with Crippen molar-refractivity contribution in [2.24, 2.45) is 0 Å². The maximum atomic E-state index is 11.1. The molecule has 1 rings (SSSR count). The number of hydrogen-bond donors (Lipinski definition) is 0. The van der Waals surface area contributed by atoms with Crippen molar-refractivity contribution >= 4 is 28.8 Å². The summed E-state index contributed by atoms with van der Waals surface area (Å²) in [5.74, 6) is 0.0505. The number of amides is 1. The van der Waals surface area contributed by atoms with Crippen molar-refractivity contribution in [3.63, 3.8) is 0 Å². The third-order valence-corrected chi connectivity index (χ3v) is 2.68. The minimum atomic E-state index is 0.0505. The second-order valence-electron chi connectivity index (χ2n) is 2.44. The molecule has 0 atom stereocenters. The summed E-state index contributed by atoms with van der Waals surface area (Å²) in [4.78, 5) is 12.9. The fourth-order valence-corrected chi connectivity index (χ4v) is 1.46. The highest BCUT2D eigenvalue weighted by Crippen LogP contribution is 2.06. The molecular weight excluding hydrogens is 255 g/mol. The zero-order valence-corrected chi connectivity index (χ0v) is 8.45. The normalized spacial score (nSPS) is 19.9. The molecule has 0 N–H and O–H groups in total. The second-order valence-corrected chi connectivity index (χ2v) is 3.80. The maximum Gasteiger partial charge on any atom is 0.246 e. The van der Waals surface area contributed by atoms with Crippen molar-refractivity contribution in [1.29, 1.82) is 0 Å². The van der Waals surface area contributed by atoms with Gasteiger partial charge < -0.3 is 4.90 Å². The Morgan fingerprint density at radius 1 is 1.36 bits per heavy atom. The first-order valence-electron chi connectivity index (χ1n) is 3.56. The Kier molecular flexibility index (Phi) is 3.32. The predicted octanol–water partition coefficient (Wildman–Crippen LogP) is 0.667. The third kappa shape index (κ3) is 2.44. The third-order valence-electron chi connectivity index (χ3n) is 1.71. The van der Waals surface area contributed by atoms with Crippen LogP contribution in [0.15, 0.2) is 12.7 Å². The molecule has 0 saturated carbocycles. The number of hydrogen-bond acceptors (Lipinski definition) is 2. The van der Waals surface area contributed by atoms with Crippen molar-refractivity contribution in [2.75, 3.05) is 26.2 Å². The van der Waals surface area contributed by atoms with Crippen LogP contribution in [0.5, 0.6) is 0 Å². The molecule has 1 fully saturated rings. The fourth-order valence-electron chi connectivity index (χ4n) is 1.03. The van der Waals surface area contributed by atoms with Crippen LogP contribution in [0.1, 0.15) is 0 Å². The summed E-state index contributed by atoms with van der Waals surface area (Å²) in [6.07, 6.45) is 1.38. The van der Waals surface area contributed by atoms with Gasteiger partial charge in [-0.2, -0.15) is 0 Å². The van der Waals surface area contributed by atoms with E-state index in [9.17, 15) is 4.79 Å². The van der Waals surface area contributed by atoms with E-state index >= 15 is 0 Å². The van der Waals surface area contributed by atoms with Gasteiger partial charge in [0.15, 0.2) is 0 Å². The fraction of sp³-hybridized carbons (Fsp3) is 0.571. The predicted molar refractivity (Wildman–Crippen MR) is 52.4 cm³/mol.